The Morgan fingerprint density at radius 1 is 0.929 bits per heavy atom. The highest BCUT2D eigenvalue weighted by Crippen LogP contribution is 2.13. The summed E-state index contributed by atoms with van der Waals surface area (Å²) in [5.74, 6) is 1.97. The summed E-state index contributed by atoms with van der Waals surface area (Å²) in [4.78, 5) is 0. The molecule has 0 spiro atoms. The van der Waals surface area contributed by atoms with Crippen LogP contribution in [0.5, 0.6) is 0 Å². The Balaban J connectivity index is 2.92. The van der Waals surface area contributed by atoms with E-state index in [1.165, 1.54) is 38.5 Å². The summed E-state index contributed by atoms with van der Waals surface area (Å²) < 4.78 is 0. The van der Waals surface area contributed by atoms with E-state index < -0.39 is 0 Å². The Morgan fingerprint density at radius 2 is 1.50 bits per heavy atom. The van der Waals surface area contributed by atoms with Crippen molar-refractivity contribution in [3.8, 4) is 0 Å². The lowest BCUT2D eigenvalue weighted by molar-refractivity contribution is 0.284. The number of hydrogen-bond donors (Lipinski definition) is 1. The number of hydrogen-bond acceptors (Lipinski definition) is 2. The van der Waals surface area contributed by atoms with Crippen molar-refractivity contribution < 1.29 is 5.11 Å². The highest BCUT2D eigenvalue weighted by Gasteiger charge is 1.96. The molecule has 1 N–H and O–H groups in total. The number of unbranched alkanes of at least 4 members (excludes halogenated alkanes) is 4. The van der Waals surface area contributed by atoms with Crippen LogP contribution in [0.2, 0.25) is 0 Å². The molecule has 86 valence electrons. The molecule has 0 aromatic heterocycles. The molecule has 14 heavy (non-hydrogen) atoms. The minimum atomic E-state index is -0.184. The molecule has 1 unspecified atom stereocenters. The van der Waals surface area contributed by atoms with Crippen molar-refractivity contribution in [2.75, 3.05) is 5.75 Å². The van der Waals surface area contributed by atoms with E-state index in [0.29, 0.717) is 0 Å². The van der Waals surface area contributed by atoms with Crippen molar-refractivity contribution in [3.05, 3.63) is 0 Å². The van der Waals surface area contributed by atoms with Gasteiger partial charge in [0.15, 0.2) is 0 Å². The van der Waals surface area contributed by atoms with Crippen LogP contribution < -0.4 is 0 Å². The third kappa shape index (κ3) is 12.3. The van der Waals surface area contributed by atoms with Gasteiger partial charge in [0.1, 0.15) is 0 Å². The van der Waals surface area contributed by atoms with Gasteiger partial charge in [0.2, 0.25) is 0 Å². The van der Waals surface area contributed by atoms with E-state index in [9.17, 15) is 0 Å². The van der Waals surface area contributed by atoms with Gasteiger partial charge in [0, 0.05) is 0 Å². The highest BCUT2D eigenvalue weighted by molar-refractivity contribution is 7.99. The highest BCUT2D eigenvalue weighted by atomic mass is 32.2. The van der Waals surface area contributed by atoms with E-state index in [4.69, 9.17) is 5.11 Å². The first-order chi connectivity index (χ1) is 6.63. The molecule has 0 saturated heterocycles. The fourth-order valence-electron chi connectivity index (χ4n) is 1.44. The molecule has 0 heterocycles. The zero-order chi connectivity index (χ0) is 10.8. The summed E-state index contributed by atoms with van der Waals surface area (Å²) in [6.07, 6.45) is 8.11. The molecule has 0 aliphatic carbocycles. The summed E-state index contributed by atoms with van der Waals surface area (Å²) in [5.41, 5.74) is -0.184. The van der Waals surface area contributed by atoms with Gasteiger partial charge in [-0.15, -0.1) is 11.8 Å². The summed E-state index contributed by atoms with van der Waals surface area (Å²) in [7, 11) is 0. The van der Waals surface area contributed by atoms with Crippen LogP contribution in [0.4, 0.5) is 0 Å². The summed E-state index contributed by atoms with van der Waals surface area (Å²) in [5, 5.41) is 9.02. The SMILES string of the molecule is CC(C)CCCCCCCSC(C)O. The Morgan fingerprint density at radius 3 is 2.07 bits per heavy atom. The lowest BCUT2D eigenvalue weighted by atomic mass is 10.0. The third-order valence-corrected chi connectivity index (χ3v) is 3.29. The molecule has 0 bridgehead atoms. The number of aliphatic hydroxyl groups is 1. The Hall–Kier alpha value is 0.310. The molecule has 0 aliphatic heterocycles. The van der Waals surface area contributed by atoms with Gasteiger partial charge in [-0.1, -0.05) is 46.0 Å². The first-order valence-electron chi connectivity index (χ1n) is 5.92. The minimum Gasteiger partial charge on any atom is -0.383 e. The van der Waals surface area contributed by atoms with E-state index in [2.05, 4.69) is 13.8 Å². The van der Waals surface area contributed by atoms with Gasteiger partial charge in [-0.05, 0) is 25.0 Å². The van der Waals surface area contributed by atoms with Crippen LogP contribution in [0.3, 0.4) is 0 Å². The first-order valence-corrected chi connectivity index (χ1v) is 6.97. The second kappa shape index (κ2) is 9.85. The summed E-state index contributed by atoms with van der Waals surface area (Å²) >= 11 is 1.66. The monoisotopic (exact) mass is 218 g/mol. The molecule has 0 saturated carbocycles. The molecular weight excluding hydrogens is 192 g/mol. The van der Waals surface area contributed by atoms with Crippen LogP contribution in [0.15, 0.2) is 0 Å². The Bertz CT molecular complexity index is 98.9. The van der Waals surface area contributed by atoms with E-state index >= 15 is 0 Å². The second-order valence-electron chi connectivity index (χ2n) is 4.42. The zero-order valence-electron chi connectivity index (χ0n) is 9.96. The van der Waals surface area contributed by atoms with Crippen LogP contribution >= 0.6 is 11.8 Å². The quantitative estimate of drug-likeness (QED) is 0.465. The maximum absolute atomic E-state index is 9.02. The van der Waals surface area contributed by atoms with Gasteiger partial charge in [-0.2, -0.15) is 0 Å². The first kappa shape index (κ1) is 14.3. The van der Waals surface area contributed by atoms with Gasteiger partial charge in [0.05, 0.1) is 5.44 Å². The van der Waals surface area contributed by atoms with Crippen molar-refractivity contribution in [3.63, 3.8) is 0 Å². The molecular formula is C12H26OS. The van der Waals surface area contributed by atoms with Crippen molar-refractivity contribution in [1.82, 2.24) is 0 Å². The van der Waals surface area contributed by atoms with Gasteiger partial charge >= 0.3 is 0 Å². The second-order valence-corrected chi connectivity index (χ2v) is 5.84. The van der Waals surface area contributed by atoms with Crippen molar-refractivity contribution >= 4 is 11.8 Å². The van der Waals surface area contributed by atoms with E-state index in [-0.39, 0.29) is 5.44 Å². The Labute approximate surface area is 93.7 Å². The lowest BCUT2D eigenvalue weighted by Gasteiger charge is -2.05. The average molecular weight is 218 g/mol. The van der Waals surface area contributed by atoms with Gasteiger partial charge in [-0.25, -0.2) is 0 Å². The predicted octanol–water partition coefficient (Wildman–Crippen LogP) is 4.05. The largest absolute Gasteiger partial charge is 0.383 e. The van der Waals surface area contributed by atoms with Gasteiger partial charge in [0.25, 0.3) is 0 Å². The van der Waals surface area contributed by atoms with Crippen LogP contribution in [0, 0.1) is 5.92 Å². The van der Waals surface area contributed by atoms with Crippen LogP contribution in [0.1, 0.15) is 59.3 Å². The molecule has 0 fully saturated rings. The molecule has 0 aromatic carbocycles. The van der Waals surface area contributed by atoms with Crippen LogP contribution in [0.25, 0.3) is 0 Å². The fourth-order valence-corrected chi connectivity index (χ4v) is 2.15. The summed E-state index contributed by atoms with van der Waals surface area (Å²) in [6.45, 7) is 6.42. The smallest absolute Gasteiger partial charge is 0.0964 e. The van der Waals surface area contributed by atoms with E-state index in [1.807, 2.05) is 6.92 Å². The minimum absolute atomic E-state index is 0.184. The predicted molar refractivity (Wildman–Crippen MR) is 66.7 cm³/mol. The van der Waals surface area contributed by atoms with Crippen LogP contribution in [-0.2, 0) is 0 Å². The van der Waals surface area contributed by atoms with Crippen molar-refractivity contribution in [2.24, 2.45) is 5.92 Å². The number of aliphatic hydroxyl groups excluding tert-OH is 1. The molecule has 1 nitrogen and oxygen atoms in total. The molecule has 2 heteroatoms. The van der Waals surface area contributed by atoms with Gasteiger partial charge < -0.3 is 5.11 Å². The molecule has 0 amide bonds. The molecule has 1 atom stereocenters. The maximum atomic E-state index is 9.02. The standard InChI is InChI=1S/C12H26OS/c1-11(2)9-7-5-4-6-8-10-14-12(3)13/h11-13H,4-10H2,1-3H3. The van der Waals surface area contributed by atoms with Gasteiger partial charge in [-0.3, -0.25) is 0 Å². The average Bonchev–Trinajstić information content (AvgIpc) is 2.08. The fraction of sp³-hybridized carbons (Fsp3) is 1.00. The van der Waals surface area contributed by atoms with Crippen LogP contribution in [-0.4, -0.2) is 16.3 Å². The Kier molecular flexibility index (Phi) is 10.1. The third-order valence-electron chi connectivity index (χ3n) is 2.28. The van der Waals surface area contributed by atoms with Crippen molar-refractivity contribution in [2.45, 2.75) is 64.7 Å². The molecule has 0 radical (unpaired) electrons. The maximum Gasteiger partial charge on any atom is 0.0964 e. The van der Waals surface area contributed by atoms with E-state index in [1.54, 1.807) is 11.8 Å². The number of thioether (sulfide) groups is 1. The molecule has 0 aliphatic rings. The number of rotatable bonds is 9. The lowest BCUT2D eigenvalue weighted by Crippen LogP contribution is -1.94. The summed E-state index contributed by atoms with van der Waals surface area (Å²) in [6, 6.07) is 0. The molecule has 0 aromatic rings. The topological polar surface area (TPSA) is 20.2 Å². The van der Waals surface area contributed by atoms with Crippen molar-refractivity contribution in [1.29, 1.82) is 0 Å². The normalized spacial score (nSPS) is 13.5. The molecule has 0 rings (SSSR count). The van der Waals surface area contributed by atoms with E-state index in [0.717, 1.165) is 11.7 Å². The zero-order valence-corrected chi connectivity index (χ0v) is 10.8.